The van der Waals surface area contributed by atoms with Gasteiger partial charge in [0.05, 0.1) is 19.1 Å². The van der Waals surface area contributed by atoms with Gasteiger partial charge in [-0.3, -0.25) is 4.79 Å². The third-order valence-electron chi connectivity index (χ3n) is 2.76. The van der Waals surface area contributed by atoms with Crippen molar-refractivity contribution in [1.29, 1.82) is 0 Å². The Bertz CT molecular complexity index is 378. The molecule has 0 radical (unpaired) electrons. The lowest BCUT2D eigenvalue weighted by atomic mass is 9.87. The van der Waals surface area contributed by atoms with Crippen molar-refractivity contribution in [3.8, 4) is 0 Å². The number of thiophene rings is 1. The van der Waals surface area contributed by atoms with Crippen LogP contribution in [0.5, 0.6) is 0 Å². The van der Waals surface area contributed by atoms with Crippen LogP contribution >= 0.6 is 27.3 Å². The van der Waals surface area contributed by atoms with E-state index in [2.05, 4.69) is 21.2 Å². The molecule has 1 aromatic rings. The number of carbonyl (C=O) groups excluding carboxylic acids is 1. The van der Waals surface area contributed by atoms with Gasteiger partial charge in [-0.15, -0.1) is 11.3 Å². The van der Waals surface area contributed by atoms with E-state index in [9.17, 15) is 4.79 Å². The van der Waals surface area contributed by atoms with E-state index in [1.807, 2.05) is 32.3 Å². The monoisotopic (exact) mass is 319 g/mol. The molecule has 0 fully saturated rings. The average molecular weight is 320 g/mol. The largest absolute Gasteiger partial charge is 0.469 e. The first-order valence-corrected chi connectivity index (χ1v) is 7.17. The van der Waals surface area contributed by atoms with Gasteiger partial charge in [0.2, 0.25) is 0 Å². The molecule has 0 aliphatic heterocycles. The van der Waals surface area contributed by atoms with Crippen molar-refractivity contribution in [1.82, 2.24) is 5.32 Å². The molecular formula is C12H18BrNO2S. The summed E-state index contributed by atoms with van der Waals surface area (Å²) in [7, 11) is 3.31. The molecule has 0 saturated heterocycles. The summed E-state index contributed by atoms with van der Waals surface area (Å²) in [5.74, 6) is -0.111. The van der Waals surface area contributed by atoms with E-state index in [4.69, 9.17) is 4.74 Å². The normalized spacial score (nSPS) is 14.7. The third-order valence-corrected chi connectivity index (χ3v) is 4.53. The van der Waals surface area contributed by atoms with Gasteiger partial charge < -0.3 is 10.1 Å². The van der Waals surface area contributed by atoms with E-state index in [1.54, 1.807) is 11.3 Å². The number of nitrogens with one attached hydrogen (secondary N) is 1. The maximum absolute atomic E-state index is 11.9. The van der Waals surface area contributed by atoms with Crippen molar-refractivity contribution >= 4 is 33.2 Å². The van der Waals surface area contributed by atoms with E-state index in [1.165, 1.54) is 7.11 Å². The first-order valence-electron chi connectivity index (χ1n) is 5.50. The summed E-state index contributed by atoms with van der Waals surface area (Å²) < 4.78 is 5.95. The van der Waals surface area contributed by atoms with E-state index in [0.717, 1.165) is 9.35 Å². The predicted molar refractivity (Wildman–Crippen MR) is 74.2 cm³/mol. The predicted octanol–water partition coefficient (Wildman–Crippen LogP) is 3.22. The van der Waals surface area contributed by atoms with Crippen molar-refractivity contribution in [3.05, 3.63) is 20.8 Å². The molecule has 0 saturated carbocycles. The number of methoxy groups -OCH3 is 1. The summed E-state index contributed by atoms with van der Waals surface area (Å²) in [5.41, 5.74) is 0. The lowest BCUT2D eigenvalue weighted by Crippen LogP contribution is -2.34. The summed E-state index contributed by atoms with van der Waals surface area (Å²) in [6.45, 7) is 4.07. The Morgan fingerprint density at radius 2 is 2.18 bits per heavy atom. The van der Waals surface area contributed by atoms with Crippen molar-refractivity contribution < 1.29 is 9.53 Å². The maximum Gasteiger partial charge on any atom is 0.310 e. The molecule has 0 bridgehead atoms. The van der Waals surface area contributed by atoms with Crippen LogP contribution in [0.3, 0.4) is 0 Å². The fourth-order valence-corrected chi connectivity index (χ4v) is 3.52. The number of esters is 1. The SMILES string of the molecule is CNC(c1cc(Br)cs1)C(C(=O)OC)C(C)C. The van der Waals surface area contributed by atoms with Crippen LogP contribution in [0.2, 0.25) is 0 Å². The molecule has 0 spiro atoms. The Balaban J connectivity index is 3.01. The number of hydrogen-bond acceptors (Lipinski definition) is 4. The van der Waals surface area contributed by atoms with Crippen molar-refractivity contribution in [2.75, 3.05) is 14.2 Å². The Morgan fingerprint density at radius 1 is 1.53 bits per heavy atom. The number of ether oxygens (including phenoxy) is 1. The van der Waals surface area contributed by atoms with Crippen LogP contribution in [-0.2, 0) is 9.53 Å². The average Bonchev–Trinajstić information content (AvgIpc) is 2.70. The molecular weight excluding hydrogens is 302 g/mol. The Morgan fingerprint density at radius 3 is 2.53 bits per heavy atom. The molecule has 1 rings (SSSR count). The van der Waals surface area contributed by atoms with Gasteiger partial charge in [0.25, 0.3) is 0 Å². The van der Waals surface area contributed by atoms with Crippen LogP contribution in [-0.4, -0.2) is 20.1 Å². The molecule has 96 valence electrons. The topological polar surface area (TPSA) is 38.3 Å². The molecule has 5 heteroatoms. The molecule has 2 unspecified atom stereocenters. The second kappa shape index (κ2) is 6.52. The molecule has 2 atom stereocenters. The van der Waals surface area contributed by atoms with Gasteiger partial charge in [-0.1, -0.05) is 13.8 Å². The van der Waals surface area contributed by atoms with Crippen molar-refractivity contribution in [2.45, 2.75) is 19.9 Å². The van der Waals surface area contributed by atoms with Gasteiger partial charge >= 0.3 is 5.97 Å². The lowest BCUT2D eigenvalue weighted by Gasteiger charge is -2.26. The van der Waals surface area contributed by atoms with Crippen LogP contribution in [0.15, 0.2) is 15.9 Å². The second-order valence-corrected chi connectivity index (χ2v) is 6.09. The van der Waals surface area contributed by atoms with Gasteiger partial charge in [-0.25, -0.2) is 0 Å². The van der Waals surface area contributed by atoms with Gasteiger partial charge in [0.1, 0.15) is 0 Å². The Kier molecular flexibility index (Phi) is 5.62. The summed E-state index contributed by atoms with van der Waals surface area (Å²) in [4.78, 5) is 13.0. The summed E-state index contributed by atoms with van der Waals surface area (Å²) in [6, 6.07) is 2.04. The zero-order chi connectivity index (χ0) is 13.0. The van der Waals surface area contributed by atoms with Crippen LogP contribution in [0, 0.1) is 11.8 Å². The zero-order valence-electron chi connectivity index (χ0n) is 10.5. The highest BCUT2D eigenvalue weighted by Gasteiger charge is 2.32. The minimum Gasteiger partial charge on any atom is -0.469 e. The molecule has 0 aromatic carbocycles. The maximum atomic E-state index is 11.9. The smallest absolute Gasteiger partial charge is 0.310 e. The fraction of sp³-hybridized carbons (Fsp3) is 0.583. The van der Waals surface area contributed by atoms with Gasteiger partial charge in [-0.05, 0) is 35.0 Å². The van der Waals surface area contributed by atoms with Gasteiger partial charge in [-0.2, -0.15) is 0 Å². The highest BCUT2D eigenvalue weighted by Crippen LogP contribution is 2.34. The zero-order valence-corrected chi connectivity index (χ0v) is 12.9. The highest BCUT2D eigenvalue weighted by molar-refractivity contribution is 9.10. The number of rotatable bonds is 5. The molecule has 0 aliphatic rings. The fourth-order valence-electron chi connectivity index (χ4n) is 1.92. The molecule has 1 N–H and O–H groups in total. The minimum atomic E-state index is -0.171. The van der Waals surface area contributed by atoms with Crippen molar-refractivity contribution in [2.24, 2.45) is 11.8 Å². The van der Waals surface area contributed by atoms with Gasteiger partial charge in [0, 0.05) is 14.7 Å². The molecule has 17 heavy (non-hydrogen) atoms. The van der Waals surface area contributed by atoms with E-state index in [0.29, 0.717) is 0 Å². The molecule has 3 nitrogen and oxygen atoms in total. The van der Waals surface area contributed by atoms with Crippen LogP contribution in [0.1, 0.15) is 24.8 Å². The quantitative estimate of drug-likeness (QED) is 0.847. The highest BCUT2D eigenvalue weighted by atomic mass is 79.9. The number of halogens is 1. The summed E-state index contributed by atoms with van der Waals surface area (Å²) >= 11 is 5.08. The molecule has 1 aromatic heterocycles. The van der Waals surface area contributed by atoms with E-state index < -0.39 is 0 Å². The Hall–Kier alpha value is -0.390. The third kappa shape index (κ3) is 3.53. The van der Waals surface area contributed by atoms with E-state index >= 15 is 0 Å². The first-order chi connectivity index (χ1) is 8.01. The standard InChI is InChI=1S/C12H18BrNO2S/c1-7(2)10(12(15)16-4)11(14-3)9-5-8(13)6-17-9/h5-7,10-11,14H,1-4H3. The number of carbonyl (C=O) groups is 1. The van der Waals surface area contributed by atoms with E-state index in [-0.39, 0.29) is 23.8 Å². The Labute approximate surface area is 115 Å². The molecule has 0 amide bonds. The second-order valence-electron chi connectivity index (χ2n) is 4.23. The number of hydrogen-bond donors (Lipinski definition) is 1. The summed E-state index contributed by atoms with van der Waals surface area (Å²) in [5, 5.41) is 5.24. The van der Waals surface area contributed by atoms with Crippen LogP contribution in [0.4, 0.5) is 0 Å². The lowest BCUT2D eigenvalue weighted by molar-refractivity contribution is -0.148. The van der Waals surface area contributed by atoms with Crippen LogP contribution in [0.25, 0.3) is 0 Å². The first kappa shape index (κ1) is 14.7. The van der Waals surface area contributed by atoms with Crippen LogP contribution < -0.4 is 5.32 Å². The molecule has 1 heterocycles. The molecule has 0 aliphatic carbocycles. The van der Waals surface area contributed by atoms with Gasteiger partial charge in [0.15, 0.2) is 0 Å². The van der Waals surface area contributed by atoms with Crippen molar-refractivity contribution in [3.63, 3.8) is 0 Å². The summed E-state index contributed by atoms with van der Waals surface area (Å²) in [6.07, 6.45) is 0. The minimum absolute atomic E-state index is 0.00116.